The first-order valence-corrected chi connectivity index (χ1v) is 7.71. The number of carbonyl (C=O) groups excluding carboxylic acids is 2. The van der Waals surface area contributed by atoms with Crippen molar-refractivity contribution in [2.75, 3.05) is 20.7 Å². The molecule has 0 radical (unpaired) electrons. The van der Waals surface area contributed by atoms with Gasteiger partial charge in [-0.05, 0) is 19.9 Å². The van der Waals surface area contributed by atoms with Gasteiger partial charge in [-0.2, -0.15) is 8.78 Å². The summed E-state index contributed by atoms with van der Waals surface area (Å²) in [5.41, 5.74) is 0.893. The summed E-state index contributed by atoms with van der Waals surface area (Å²) >= 11 is 0. The second-order valence-electron chi connectivity index (χ2n) is 5.49. The number of esters is 1. The van der Waals surface area contributed by atoms with Gasteiger partial charge in [-0.3, -0.25) is 0 Å². The average Bonchev–Trinajstić information content (AvgIpc) is 2.56. The molecule has 1 aromatic rings. The molecule has 0 spiro atoms. The van der Waals surface area contributed by atoms with E-state index >= 15 is 0 Å². The van der Waals surface area contributed by atoms with E-state index in [0.29, 0.717) is 5.70 Å². The fourth-order valence-electron chi connectivity index (χ4n) is 2.80. The smallest absolute Gasteiger partial charge is 0.387 e. The van der Waals surface area contributed by atoms with Crippen molar-refractivity contribution in [2.45, 2.75) is 26.5 Å². The first-order chi connectivity index (χ1) is 11.8. The Bertz CT molecular complexity index is 706. The lowest BCUT2D eigenvalue weighted by Crippen LogP contribution is -2.47. The SMILES string of the molecule is CCOC(=O)C1=C(C)N(C)C(=O)N(C)[C@@H]1c1ccccc1OC(F)F. The van der Waals surface area contributed by atoms with E-state index in [0.717, 1.165) is 0 Å². The van der Waals surface area contributed by atoms with Gasteiger partial charge in [-0.25, -0.2) is 9.59 Å². The summed E-state index contributed by atoms with van der Waals surface area (Å²) in [5, 5.41) is 0. The molecule has 2 rings (SSSR count). The molecule has 1 aliphatic heterocycles. The topological polar surface area (TPSA) is 59.1 Å². The van der Waals surface area contributed by atoms with Gasteiger partial charge in [0, 0.05) is 25.4 Å². The van der Waals surface area contributed by atoms with Crippen LogP contribution in [0.1, 0.15) is 25.5 Å². The molecule has 0 unspecified atom stereocenters. The lowest BCUT2D eigenvalue weighted by Gasteiger charge is -2.39. The summed E-state index contributed by atoms with van der Waals surface area (Å²) in [7, 11) is 3.03. The third kappa shape index (κ3) is 3.57. The highest BCUT2D eigenvalue weighted by molar-refractivity contribution is 5.95. The number of likely N-dealkylation sites (N-methyl/N-ethyl adjacent to an activating group) is 1. The van der Waals surface area contributed by atoms with Crippen LogP contribution in [0.5, 0.6) is 5.75 Å². The van der Waals surface area contributed by atoms with Crippen molar-refractivity contribution in [1.29, 1.82) is 0 Å². The quantitative estimate of drug-likeness (QED) is 0.762. The van der Waals surface area contributed by atoms with Crippen molar-refractivity contribution in [3.05, 3.63) is 41.1 Å². The number of allylic oxidation sites excluding steroid dienone is 1. The van der Waals surface area contributed by atoms with Crippen LogP contribution in [0.4, 0.5) is 13.6 Å². The number of hydrogen-bond donors (Lipinski definition) is 0. The third-order valence-electron chi connectivity index (χ3n) is 4.07. The van der Waals surface area contributed by atoms with Crippen LogP contribution in [0.3, 0.4) is 0 Å². The minimum absolute atomic E-state index is 0.0960. The van der Waals surface area contributed by atoms with Crippen molar-refractivity contribution in [1.82, 2.24) is 9.80 Å². The second-order valence-corrected chi connectivity index (χ2v) is 5.49. The molecule has 2 amide bonds. The third-order valence-corrected chi connectivity index (χ3v) is 4.07. The molecule has 0 fully saturated rings. The van der Waals surface area contributed by atoms with Crippen LogP contribution in [-0.4, -0.2) is 49.1 Å². The molecule has 136 valence electrons. The van der Waals surface area contributed by atoms with Crippen LogP contribution in [0, 0.1) is 0 Å². The Morgan fingerprint density at radius 2 is 1.92 bits per heavy atom. The fraction of sp³-hybridized carbons (Fsp3) is 0.412. The normalized spacial score (nSPS) is 18.0. The molecular weight excluding hydrogens is 334 g/mol. The van der Waals surface area contributed by atoms with Crippen molar-refractivity contribution in [3.63, 3.8) is 0 Å². The summed E-state index contributed by atoms with van der Waals surface area (Å²) < 4.78 is 35.2. The molecular formula is C17H20F2N2O4. The maximum atomic E-state index is 12.7. The lowest BCUT2D eigenvalue weighted by molar-refractivity contribution is -0.139. The summed E-state index contributed by atoms with van der Waals surface area (Å²) in [5.74, 6) is -0.704. The monoisotopic (exact) mass is 354 g/mol. The summed E-state index contributed by atoms with van der Waals surface area (Å²) in [4.78, 5) is 27.6. The van der Waals surface area contributed by atoms with Gasteiger partial charge in [0.05, 0.1) is 18.2 Å². The highest BCUT2D eigenvalue weighted by atomic mass is 19.3. The number of halogens is 2. The summed E-state index contributed by atoms with van der Waals surface area (Å²) in [6, 6.07) is 4.82. The van der Waals surface area contributed by atoms with Crippen molar-refractivity contribution >= 4 is 12.0 Å². The number of alkyl halides is 2. The zero-order valence-electron chi connectivity index (χ0n) is 14.5. The van der Waals surface area contributed by atoms with Crippen LogP contribution in [0.2, 0.25) is 0 Å². The van der Waals surface area contributed by atoms with Gasteiger partial charge in [0.2, 0.25) is 0 Å². The van der Waals surface area contributed by atoms with Gasteiger partial charge in [-0.1, -0.05) is 18.2 Å². The van der Waals surface area contributed by atoms with Crippen molar-refractivity contribution in [2.24, 2.45) is 0 Å². The molecule has 0 N–H and O–H groups in total. The van der Waals surface area contributed by atoms with E-state index in [9.17, 15) is 18.4 Å². The number of urea groups is 1. The molecule has 8 heteroatoms. The number of ether oxygens (including phenoxy) is 2. The molecule has 25 heavy (non-hydrogen) atoms. The molecule has 1 aliphatic rings. The summed E-state index contributed by atoms with van der Waals surface area (Å²) in [6.45, 7) is 0.405. The molecule has 0 saturated heterocycles. The maximum Gasteiger partial charge on any atom is 0.387 e. The molecule has 0 aromatic heterocycles. The minimum Gasteiger partial charge on any atom is -0.463 e. The second kappa shape index (κ2) is 7.50. The number of para-hydroxylation sites is 1. The van der Waals surface area contributed by atoms with Crippen LogP contribution >= 0.6 is 0 Å². The van der Waals surface area contributed by atoms with Gasteiger partial charge in [0.15, 0.2) is 0 Å². The fourth-order valence-corrected chi connectivity index (χ4v) is 2.80. The van der Waals surface area contributed by atoms with E-state index < -0.39 is 18.6 Å². The van der Waals surface area contributed by atoms with Crippen molar-refractivity contribution in [3.8, 4) is 5.75 Å². The minimum atomic E-state index is -3.02. The van der Waals surface area contributed by atoms with Gasteiger partial charge in [-0.15, -0.1) is 0 Å². The zero-order chi connectivity index (χ0) is 18.7. The van der Waals surface area contributed by atoms with E-state index in [-0.39, 0.29) is 29.5 Å². The first-order valence-electron chi connectivity index (χ1n) is 7.71. The number of carbonyl (C=O) groups is 2. The zero-order valence-corrected chi connectivity index (χ0v) is 14.5. The van der Waals surface area contributed by atoms with Crippen LogP contribution in [0.15, 0.2) is 35.5 Å². The molecule has 0 saturated carbocycles. The van der Waals surface area contributed by atoms with Gasteiger partial charge in [0.25, 0.3) is 0 Å². The van der Waals surface area contributed by atoms with E-state index in [2.05, 4.69) is 4.74 Å². The highest BCUT2D eigenvalue weighted by Crippen LogP contribution is 2.40. The standard InChI is InChI=1S/C17H20F2N2O4/c1-5-24-15(22)13-10(2)20(3)17(23)21(4)14(13)11-8-6-7-9-12(11)25-16(18)19/h6-9,14,16H,5H2,1-4H3/t14-/m1/s1. The molecule has 1 atom stereocenters. The molecule has 0 bridgehead atoms. The molecule has 6 nitrogen and oxygen atoms in total. The van der Waals surface area contributed by atoms with Crippen molar-refractivity contribution < 1.29 is 27.8 Å². The Hall–Kier alpha value is -2.64. The van der Waals surface area contributed by atoms with E-state index in [1.54, 1.807) is 32.0 Å². The largest absolute Gasteiger partial charge is 0.463 e. The van der Waals surface area contributed by atoms with E-state index in [4.69, 9.17) is 4.74 Å². The highest BCUT2D eigenvalue weighted by Gasteiger charge is 2.40. The van der Waals surface area contributed by atoms with Gasteiger partial charge >= 0.3 is 18.6 Å². The predicted octanol–water partition coefficient (Wildman–Crippen LogP) is 3.16. The lowest BCUT2D eigenvalue weighted by atomic mass is 9.93. The Balaban J connectivity index is 2.63. The maximum absolute atomic E-state index is 12.7. The first kappa shape index (κ1) is 18.7. The molecule has 1 aromatic carbocycles. The van der Waals surface area contributed by atoms with Crippen LogP contribution < -0.4 is 4.74 Å². The average molecular weight is 354 g/mol. The van der Waals surface area contributed by atoms with Crippen LogP contribution in [0.25, 0.3) is 0 Å². The number of hydrogen-bond acceptors (Lipinski definition) is 4. The number of benzene rings is 1. The molecule has 1 heterocycles. The Morgan fingerprint density at radius 1 is 1.28 bits per heavy atom. The van der Waals surface area contributed by atoms with E-state index in [1.807, 2.05) is 0 Å². The Morgan fingerprint density at radius 3 is 2.52 bits per heavy atom. The predicted molar refractivity (Wildman–Crippen MR) is 86.1 cm³/mol. The number of rotatable bonds is 5. The van der Waals surface area contributed by atoms with Gasteiger partial charge < -0.3 is 19.3 Å². The Kier molecular flexibility index (Phi) is 5.61. The van der Waals surface area contributed by atoms with Gasteiger partial charge in [0.1, 0.15) is 5.75 Å². The van der Waals surface area contributed by atoms with E-state index in [1.165, 1.54) is 30.0 Å². The Labute approximate surface area is 144 Å². The number of amides is 2. The summed E-state index contributed by atoms with van der Waals surface area (Å²) in [6.07, 6.45) is 0. The number of nitrogens with zero attached hydrogens (tertiary/aromatic N) is 2. The molecule has 0 aliphatic carbocycles. The van der Waals surface area contributed by atoms with Crippen LogP contribution in [-0.2, 0) is 9.53 Å².